The molecule has 1 heterocycles. The zero-order valence-corrected chi connectivity index (χ0v) is 10.7. The normalized spacial score (nSPS) is 18.6. The highest BCUT2D eigenvalue weighted by molar-refractivity contribution is 5.97. The summed E-state index contributed by atoms with van der Waals surface area (Å²) in [7, 11) is 0. The molecular weight excluding hydrogens is 228 g/mol. The monoisotopic (exact) mass is 246 g/mol. The van der Waals surface area contributed by atoms with E-state index in [1.807, 2.05) is 4.90 Å². The molecule has 18 heavy (non-hydrogen) atoms. The van der Waals surface area contributed by atoms with E-state index in [0.717, 1.165) is 13.0 Å². The SMILES string of the molecule is CC(C)C1CCN1C(=O)c1ccc(C(N)=O)cc1. The van der Waals surface area contributed by atoms with E-state index in [2.05, 4.69) is 13.8 Å². The van der Waals surface area contributed by atoms with Gasteiger partial charge in [0.05, 0.1) is 0 Å². The van der Waals surface area contributed by atoms with Crippen molar-refractivity contribution < 1.29 is 9.59 Å². The van der Waals surface area contributed by atoms with Crippen molar-refractivity contribution in [1.82, 2.24) is 4.90 Å². The number of likely N-dealkylation sites (tertiary alicyclic amines) is 1. The molecule has 2 amide bonds. The average molecular weight is 246 g/mol. The van der Waals surface area contributed by atoms with Crippen molar-refractivity contribution in [3.05, 3.63) is 35.4 Å². The fourth-order valence-corrected chi connectivity index (χ4v) is 2.30. The Bertz CT molecular complexity index is 465. The van der Waals surface area contributed by atoms with Gasteiger partial charge in [-0.1, -0.05) is 13.8 Å². The van der Waals surface area contributed by atoms with E-state index in [4.69, 9.17) is 5.73 Å². The van der Waals surface area contributed by atoms with Gasteiger partial charge in [0, 0.05) is 23.7 Å². The zero-order valence-electron chi connectivity index (χ0n) is 10.7. The molecule has 4 heteroatoms. The molecule has 2 rings (SSSR count). The van der Waals surface area contributed by atoms with Crippen molar-refractivity contribution >= 4 is 11.8 Å². The Morgan fingerprint density at radius 1 is 1.22 bits per heavy atom. The Morgan fingerprint density at radius 3 is 2.17 bits per heavy atom. The second-order valence-corrected chi connectivity index (χ2v) is 5.04. The summed E-state index contributed by atoms with van der Waals surface area (Å²) in [5, 5.41) is 0. The highest BCUT2D eigenvalue weighted by Crippen LogP contribution is 2.26. The van der Waals surface area contributed by atoms with Gasteiger partial charge < -0.3 is 10.6 Å². The van der Waals surface area contributed by atoms with Crippen LogP contribution in [0.15, 0.2) is 24.3 Å². The van der Waals surface area contributed by atoms with Crippen LogP contribution >= 0.6 is 0 Å². The molecule has 0 aliphatic carbocycles. The highest BCUT2D eigenvalue weighted by atomic mass is 16.2. The van der Waals surface area contributed by atoms with Crippen molar-refractivity contribution in [3.8, 4) is 0 Å². The maximum Gasteiger partial charge on any atom is 0.254 e. The average Bonchev–Trinajstić information content (AvgIpc) is 2.26. The molecule has 1 aromatic carbocycles. The Balaban J connectivity index is 2.12. The van der Waals surface area contributed by atoms with Gasteiger partial charge >= 0.3 is 0 Å². The van der Waals surface area contributed by atoms with E-state index in [1.54, 1.807) is 24.3 Å². The first-order chi connectivity index (χ1) is 8.50. The van der Waals surface area contributed by atoms with E-state index in [0.29, 0.717) is 23.1 Å². The molecule has 1 aromatic rings. The number of carbonyl (C=O) groups is 2. The first kappa shape index (κ1) is 12.6. The Morgan fingerprint density at radius 2 is 1.78 bits per heavy atom. The maximum absolute atomic E-state index is 12.2. The predicted octanol–water partition coefficient (Wildman–Crippen LogP) is 1.66. The molecule has 0 spiro atoms. The zero-order chi connectivity index (χ0) is 13.3. The van der Waals surface area contributed by atoms with Crippen molar-refractivity contribution in [1.29, 1.82) is 0 Å². The molecule has 1 atom stereocenters. The number of hydrogen-bond donors (Lipinski definition) is 1. The molecule has 0 aromatic heterocycles. The molecule has 0 radical (unpaired) electrons. The summed E-state index contributed by atoms with van der Waals surface area (Å²) >= 11 is 0. The number of primary amides is 1. The van der Waals surface area contributed by atoms with E-state index >= 15 is 0 Å². The molecule has 1 fully saturated rings. The van der Waals surface area contributed by atoms with E-state index in [1.165, 1.54) is 0 Å². The van der Waals surface area contributed by atoms with Crippen LogP contribution < -0.4 is 5.73 Å². The van der Waals surface area contributed by atoms with Crippen LogP contribution in [0.25, 0.3) is 0 Å². The third-order valence-electron chi connectivity index (χ3n) is 3.51. The fourth-order valence-electron chi connectivity index (χ4n) is 2.30. The fraction of sp³-hybridized carbons (Fsp3) is 0.429. The molecule has 1 saturated heterocycles. The lowest BCUT2D eigenvalue weighted by Crippen LogP contribution is -2.53. The van der Waals surface area contributed by atoms with Crippen LogP contribution in [0, 0.1) is 5.92 Å². The minimum atomic E-state index is -0.474. The summed E-state index contributed by atoms with van der Waals surface area (Å²) < 4.78 is 0. The lowest BCUT2D eigenvalue weighted by molar-refractivity contribution is 0.0347. The molecule has 2 N–H and O–H groups in total. The Labute approximate surface area is 107 Å². The number of rotatable bonds is 3. The summed E-state index contributed by atoms with van der Waals surface area (Å²) in [6, 6.07) is 6.86. The quantitative estimate of drug-likeness (QED) is 0.881. The molecule has 1 aliphatic rings. The second-order valence-electron chi connectivity index (χ2n) is 5.04. The third-order valence-corrected chi connectivity index (χ3v) is 3.51. The lowest BCUT2D eigenvalue weighted by atomic mass is 9.91. The van der Waals surface area contributed by atoms with Gasteiger partial charge in [0.25, 0.3) is 5.91 Å². The summed E-state index contributed by atoms with van der Waals surface area (Å²) in [4.78, 5) is 25.1. The van der Waals surface area contributed by atoms with Crippen LogP contribution in [0.5, 0.6) is 0 Å². The number of nitrogens with zero attached hydrogens (tertiary/aromatic N) is 1. The van der Waals surface area contributed by atoms with E-state index < -0.39 is 5.91 Å². The van der Waals surface area contributed by atoms with Gasteiger partial charge in [-0.05, 0) is 36.6 Å². The van der Waals surface area contributed by atoms with E-state index in [-0.39, 0.29) is 5.91 Å². The van der Waals surface area contributed by atoms with Gasteiger partial charge in [0.15, 0.2) is 0 Å². The summed E-state index contributed by atoms with van der Waals surface area (Å²) in [5.41, 5.74) is 6.21. The first-order valence-corrected chi connectivity index (χ1v) is 6.21. The molecule has 4 nitrogen and oxygen atoms in total. The predicted molar refractivity (Wildman–Crippen MR) is 69.2 cm³/mol. The maximum atomic E-state index is 12.2. The van der Waals surface area contributed by atoms with E-state index in [9.17, 15) is 9.59 Å². The largest absolute Gasteiger partial charge is 0.366 e. The molecule has 0 saturated carbocycles. The molecule has 1 unspecified atom stereocenters. The Hall–Kier alpha value is -1.84. The van der Waals surface area contributed by atoms with Crippen molar-refractivity contribution in [3.63, 3.8) is 0 Å². The van der Waals surface area contributed by atoms with Crippen LogP contribution in [-0.2, 0) is 0 Å². The van der Waals surface area contributed by atoms with Gasteiger partial charge in [0.2, 0.25) is 5.91 Å². The van der Waals surface area contributed by atoms with Gasteiger partial charge in [-0.25, -0.2) is 0 Å². The number of amides is 2. The second kappa shape index (κ2) is 4.80. The van der Waals surface area contributed by atoms with Crippen molar-refractivity contribution in [2.75, 3.05) is 6.54 Å². The van der Waals surface area contributed by atoms with Gasteiger partial charge in [0.1, 0.15) is 0 Å². The van der Waals surface area contributed by atoms with Crippen molar-refractivity contribution in [2.45, 2.75) is 26.3 Å². The molecule has 96 valence electrons. The molecule has 1 aliphatic heterocycles. The number of benzene rings is 1. The number of carbonyl (C=O) groups excluding carboxylic acids is 2. The molecule has 0 bridgehead atoms. The number of hydrogen-bond acceptors (Lipinski definition) is 2. The summed E-state index contributed by atoms with van der Waals surface area (Å²) in [5.74, 6) is 0.0431. The van der Waals surface area contributed by atoms with Gasteiger partial charge in [-0.3, -0.25) is 9.59 Å². The standard InChI is InChI=1S/C14H18N2O2/c1-9(2)12-7-8-16(12)14(18)11-5-3-10(4-6-11)13(15)17/h3-6,9,12H,7-8H2,1-2H3,(H2,15,17). The lowest BCUT2D eigenvalue weighted by Gasteiger charge is -2.43. The van der Waals surface area contributed by atoms with Crippen LogP contribution in [0.2, 0.25) is 0 Å². The smallest absolute Gasteiger partial charge is 0.254 e. The summed E-state index contributed by atoms with van der Waals surface area (Å²) in [6.07, 6.45) is 1.07. The van der Waals surface area contributed by atoms with Crippen molar-refractivity contribution in [2.24, 2.45) is 11.7 Å². The Kier molecular flexibility index (Phi) is 3.36. The van der Waals surface area contributed by atoms with Crippen LogP contribution in [0.1, 0.15) is 41.0 Å². The number of nitrogens with two attached hydrogens (primary N) is 1. The van der Waals surface area contributed by atoms with Crippen LogP contribution in [-0.4, -0.2) is 29.3 Å². The minimum Gasteiger partial charge on any atom is -0.366 e. The third kappa shape index (κ3) is 2.23. The van der Waals surface area contributed by atoms with Gasteiger partial charge in [-0.15, -0.1) is 0 Å². The van der Waals surface area contributed by atoms with Gasteiger partial charge in [-0.2, -0.15) is 0 Å². The summed E-state index contributed by atoms with van der Waals surface area (Å²) in [6.45, 7) is 5.07. The van der Waals surface area contributed by atoms with Crippen LogP contribution in [0.4, 0.5) is 0 Å². The minimum absolute atomic E-state index is 0.0379. The highest BCUT2D eigenvalue weighted by Gasteiger charge is 2.34. The topological polar surface area (TPSA) is 63.4 Å². The van der Waals surface area contributed by atoms with Crippen LogP contribution in [0.3, 0.4) is 0 Å². The molecular formula is C14H18N2O2. The first-order valence-electron chi connectivity index (χ1n) is 6.21.